The first-order valence-electron chi connectivity index (χ1n) is 3.27. The van der Waals surface area contributed by atoms with Gasteiger partial charge in [0.05, 0.1) is 0 Å². The Morgan fingerprint density at radius 2 is 1.90 bits per heavy atom. The summed E-state index contributed by atoms with van der Waals surface area (Å²) in [7, 11) is 0. The van der Waals surface area contributed by atoms with Gasteiger partial charge in [-0.05, 0) is 18.4 Å². The summed E-state index contributed by atoms with van der Waals surface area (Å²) in [5, 5.41) is 1.85. The lowest BCUT2D eigenvalue weighted by Gasteiger charge is -2.13. The molecule has 58 valence electrons. The van der Waals surface area contributed by atoms with Crippen molar-refractivity contribution in [2.24, 2.45) is 0 Å². The molecule has 0 aromatic carbocycles. The van der Waals surface area contributed by atoms with Crippen LogP contribution in [0.3, 0.4) is 0 Å². The van der Waals surface area contributed by atoms with E-state index < -0.39 is 0 Å². The summed E-state index contributed by atoms with van der Waals surface area (Å²) in [6.07, 6.45) is 1.59. The van der Waals surface area contributed by atoms with Crippen molar-refractivity contribution in [3.63, 3.8) is 0 Å². The van der Waals surface area contributed by atoms with Crippen LogP contribution >= 0.6 is 11.8 Å². The number of hydrogen-bond acceptors (Lipinski definition) is 2. The normalized spacial score (nSPS) is 12.4. The number of ketones is 1. The fraction of sp³-hybridized carbons (Fsp3) is 0.625. The molecular formula is C8H14OS. The third-order valence-corrected chi connectivity index (χ3v) is 1.70. The van der Waals surface area contributed by atoms with Crippen LogP contribution in [0.25, 0.3) is 0 Å². The average Bonchev–Trinajstić information content (AvgIpc) is 1.59. The molecule has 0 aromatic rings. The number of carbonyl (C=O) groups is 1. The predicted octanol–water partition coefficient (Wildman–Crippen LogP) is 2.62. The van der Waals surface area contributed by atoms with Gasteiger partial charge in [0.25, 0.3) is 0 Å². The summed E-state index contributed by atoms with van der Waals surface area (Å²) >= 11 is 1.66. The standard InChI is InChI=1S/C8H14OS/c1-7(9)5-6-10-8(2,3)4/h5-6H,1-4H3/b6-5-. The third kappa shape index (κ3) is 7.76. The zero-order valence-electron chi connectivity index (χ0n) is 6.97. The molecule has 0 aliphatic carbocycles. The highest BCUT2D eigenvalue weighted by Gasteiger charge is 2.06. The first-order chi connectivity index (χ1) is 4.42. The molecule has 0 aliphatic rings. The Morgan fingerprint density at radius 3 is 2.20 bits per heavy atom. The Labute approximate surface area is 66.9 Å². The van der Waals surface area contributed by atoms with Crippen LogP contribution in [0.1, 0.15) is 27.7 Å². The minimum Gasteiger partial charge on any atom is -0.295 e. The third-order valence-electron chi connectivity index (χ3n) is 0.724. The average molecular weight is 158 g/mol. The Balaban J connectivity index is 3.64. The SMILES string of the molecule is CC(=O)/C=C\SC(C)(C)C. The van der Waals surface area contributed by atoms with E-state index >= 15 is 0 Å². The van der Waals surface area contributed by atoms with Gasteiger partial charge in [-0.2, -0.15) is 0 Å². The van der Waals surface area contributed by atoms with Gasteiger partial charge in [-0.3, -0.25) is 4.79 Å². The molecule has 0 bridgehead atoms. The van der Waals surface area contributed by atoms with Gasteiger partial charge >= 0.3 is 0 Å². The second kappa shape index (κ2) is 3.81. The van der Waals surface area contributed by atoms with Crippen LogP contribution in [0.4, 0.5) is 0 Å². The highest BCUT2D eigenvalue weighted by Crippen LogP contribution is 2.23. The molecular weight excluding hydrogens is 144 g/mol. The maximum Gasteiger partial charge on any atom is 0.153 e. The fourth-order valence-corrected chi connectivity index (χ4v) is 1.00. The van der Waals surface area contributed by atoms with E-state index in [2.05, 4.69) is 20.8 Å². The molecule has 2 heteroatoms. The lowest BCUT2D eigenvalue weighted by molar-refractivity contribution is -0.112. The minimum absolute atomic E-state index is 0.108. The van der Waals surface area contributed by atoms with E-state index in [1.165, 1.54) is 0 Å². The summed E-state index contributed by atoms with van der Waals surface area (Å²) in [6.45, 7) is 7.89. The summed E-state index contributed by atoms with van der Waals surface area (Å²) in [5.41, 5.74) is 0. The molecule has 0 aromatic heterocycles. The topological polar surface area (TPSA) is 17.1 Å². The number of allylic oxidation sites excluding steroid dienone is 1. The molecule has 0 saturated heterocycles. The largest absolute Gasteiger partial charge is 0.295 e. The Kier molecular flexibility index (Phi) is 3.72. The number of hydrogen-bond donors (Lipinski definition) is 0. The van der Waals surface area contributed by atoms with Gasteiger partial charge in [0.15, 0.2) is 5.78 Å². The van der Waals surface area contributed by atoms with Crippen molar-refractivity contribution in [1.29, 1.82) is 0 Å². The zero-order chi connectivity index (χ0) is 8.20. The van der Waals surface area contributed by atoms with E-state index in [9.17, 15) is 4.79 Å². The molecule has 0 atom stereocenters. The van der Waals surface area contributed by atoms with Crippen LogP contribution in [0.5, 0.6) is 0 Å². The Bertz CT molecular complexity index is 142. The molecule has 1 nitrogen and oxygen atoms in total. The zero-order valence-corrected chi connectivity index (χ0v) is 7.79. The van der Waals surface area contributed by atoms with Crippen molar-refractivity contribution < 1.29 is 4.79 Å². The summed E-state index contributed by atoms with van der Waals surface area (Å²) < 4.78 is 0.214. The van der Waals surface area contributed by atoms with Crippen LogP contribution in [0, 0.1) is 0 Å². The second-order valence-electron chi connectivity index (χ2n) is 3.14. The van der Waals surface area contributed by atoms with E-state index in [0.29, 0.717) is 0 Å². The van der Waals surface area contributed by atoms with Gasteiger partial charge in [-0.25, -0.2) is 0 Å². The van der Waals surface area contributed by atoms with Crippen LogP contribution in [0.15, 0.2) is 11.5 Å². The van der Waals surface area contributed by atoms with Crippen LogP contribution in [0.2, 0.25) is 0 Å². The number of carbonyl (C=O) groups excluding carboxylic acids is 1. The first kappa shape index (κ1) is 9.76. The van der Waals surface area contributed by atoms with Crippen molar-refractivity contribution >= 4 is 17.5 Å². The van der Waals surface area contributed by atoms with Crippen molar-refractivity contribution in [2.45, 2.75) is 32.4 Å². The quantitative estimate of drug-likeness (QED) is 0.575. The summed E-state index contributed by atoms with van der Waals surface area (Å²) in [5.74, 6) is 0.108. The summed E-state index contributed by atoms with van der Waals surface area (Å²) in [4.78, 5) is 10.4. The van der Waals surface area contributed by atoms with Gasteiger partial charge in [0.2, 0.25) is 0 Å². The Hall–Kier alpha value is -0.240. The lowest BCUT2D eigenvalue weighted by atomic mass is 10.3. The van der Waals surface area contributed by atoms with E-state index in [1.54, 1.807) is 24.8 Å². The van der Waals surface area contributed by atoms with Crippen molar-refractivity contribution in [1.82, 2.24) is 0 Å². The molecule has 0 saturated carbocycles. The molecule has 0 fully saturated rings. The monoisotopic (exact) mass is 158 g/mol. The van der Waals surface area contributed by atoms with Gasteiger partial charge in [-0.1, -0.05) is 20.8 Å². The van der Waals surface area contributed by atoms with Crippen molar-refractivity contribution in [3.8, 4) is 0 Å². The first-order valence-corrected chi connectivity index (χ1v) is 4.15. The maximum absolute atomic E-state index is 10.4. The highest BCUT2D eigenvalue weighted by atomic mass is 32.2. The van der Waals surface area contributed by atoms with Crippen molar-refractivity contribution in [3.05, 3.63) is 11.5 Å². The molecule has 0 spiro atoms. The lowest BCUT2D eigenvalue weighted by Crippen LogP contribution is -2.04. The molecule has 0 N–H and O–H groups in total. The van der Waals surface area contributed by atoms with E-state index in [0.717, 1.165) is 0 Å². The molecule has 0 unspecified atom stereocenters. The molecule has 0 radical (unpaired) electrons. The van der Waals surface area contributed by atoms with Gasteiger partial charge in [0, 0.05) is 4.75 Å². The van der Waals surface area contributed by atoms with E-state index in [1.807, 2.05) is 5.41 Å². The smallest absolute Gasteiger partial charge is 0.153 e. The molecule has 10 heavy (non-hydrogen) atoms. The molecule has 0 amide bonds. The second-order valence-corrected chi connectivity index (χ2v) is 4.88. The van der Waals surface area contributed by atoms with E-state index in [-0.39, 0.29) is 10.5 Å². The Morgan fingerprint density at radius 1 is 1.40 bits per heavy atom. The van der Waals surface area contributed by atoms with E-state index in [4.69, 9.17) is 0 Å². The fourth-order valence-electron chi connectivity index (χ4n) is 0.334. The minimum atomic E-state index is 0.108. The number of rotatable bonds is 2. The highest BCUT2D eigenvalue weighted by molar-refractivity contribution is 8.03. The van der Waals surface area contributed by atoms with Gasteiger partial charge in [0.1, 0.15) is 0 Å². The summed E-state index contributed by atoms with van der Waals surface area (Å²) in [6, 6.07) is 0. The van der Waals surface area contributed by atoms with Crippen LogP contribution in [-0.4, -0.2) is 10.5 Å². The van der Waals surface area contributed by atoms with Crippen LogP contribution in [-0.2, 0) is 4.79 Å². The molecule has 0 rings (SSSR count). The van der Waals surface area contributed by atoms with Crippen molar-refractivity contribution in [2.75, 3.05) is 0 Å². The molecule has 0 aliphatic heterocycles. The molecule has 0 heterocycles. The van der Waals surface area contributed by atoms with Gasteiger partial charge in [-0.15, -0.1) is 11.8 Å². The maximum atomic E-state index is 10.4. The van der Waals surface area contributed by atoms with Gasteiger partial charge < -0.3 is 0 Å². The number of thioether (sulfide) groups is 1. The predicted molar refractivity (Wildman–Crippen MR) is 47.2 cm³/mol. The van der Waals surface area contributed by atoms with Crippen LogP contribution < -0.4 is 0 Å².